The van der Waals surface area contributed by atoms with Gasteiger partial charge in [0.25, 0.3) is 0 Å². The van der Waals surface area contributed by atoms with Crippen molar-refractivity contribution in [1.82, 2.24) is 4.98 Å². The van der Waals surface area contributed by atoms with Crippen LogP contribution in [-0.2, 0) is 9.47 Å². The van der Waals surface area contributed by atoms with Gasteiger partial charge < -0.3 is 18.9 Å². The highest BCUT2D eigenvalue weighted by molar-refractivity contribution is 7.14. The average Bonchev–Trinajstić information content (AvgIpc) is 3.09. The third-order valence-corrected chi connectivity index (χ3v) is 4.00. The van der Waals surface area contributed by atoms with E-state index in [1.807, 2.05) is 30.4 Å². The first-order valence-corrected chi connectivity index (χ1v) is 8.01. The van der Waals surface area contributed by atoms with Crippen LogP contribution >= 0.6 is 11.3 Å². The van der Waals surface area contributed by atoms with Crippen LogP contribution in [0.4, 0.5) is 0 Å². The lowest BCUT2D eigenvalue weighted by molar-refractivity contribution is 0.0606. The van der Waals surface area contributed by atoms with E-state index >= 15 is 0 Å². The van der Waals surface area contributed by atoms with Gasteiger partial charge in [0.2, 0.25) is 0 Å². The number of thiazole rings is 1. The Morgan fingerprint density at radius 1 is 1.17 bits per heavy atom. The minimum absolute atomic E-state index is 0.383. The molecule has 0 bridgehead atoms. The molecular formula is C17H19NO5S. The number of rotatable bonds is 8. The molecule has 1 aromatic heterocycles. The highest BCUT2D eigenvalue weighted by atomic mass is 32.1. The summed E-state index contributed by atoms with van der Waals surface area (Å²) in [4.78, 5) is 16.1. The van der Waals surface area contributed by atoms with E-state index in [1.165, 1.54) is 24.6 Å². The topological polar surface area (TPSA) is 66.9 Å². The molecule has 0 atom stereocenters. The number of ether oxygens (including phenoxy) is 4. The van der Waals surface area contributed by atoms with Gasteiger partial charge in [-0.2, -0.15) is 0 Å². The fourth-order valence-electron chi connectivity index (χ4n) is 1.87. The molecule has 6 nitrogen and oxygen atoms in total. The molecule has 0 fully saturated rings. The summed E-state index contributed by atoms with van der Waals surface area (Å²) >= 11 is 1.27. The predicted molar refractivity (Wildman–Crippen MR) is 92.7 cm³/mol. The standard InChI is InChI=1S/C17H19NO5S/c1-20-8-9-23-13-6-4-12(10-14(13)21-2)5-7-16-18-11-15(24-16)17(19)22-3/h4-7,10-11H,8-9H2,1-3H3/b7-5+. The van der Waals surface area contributed by atoms with Crippen molar-refractivity contribution in [2.75, 3.05) is 34.5 Å². The van der Waals surface area contributed by atoms with Crippen molar-refractivity contribution >= 4 is 29.5 Å². The number of benzene rings is 1. The molecule has 0 aliphatic rings. The van der Waals surface area contributed by atoms with Gasteiger partial charge in [-0.25, -0.2) is 9.78 Å². The van der Waals surface area contributed by atoms with Crippen LogP contribution in [0.25, 0.3) is 12.2 Å². The van der Waals surface area contributed by atoms with Crippen LogP contribution in [0.2, 0.25) is 0 Å². The third-order valence-electron chi connectivity index (χ3n) is 3.06. The van der Waals surface area contributed by atoms with Crippen LogP contribution < -0.4 is 9.47 Å². The first-order valence-electron chi connectivity index (χ1n) is 7.20. The van der Waals surface area contributed by atoms with Crippen LogP contribution in [0, 0.1) is 0 Å². The molecule has 1 aromatic carbocycles. The molecule has 2 rings (SSSR count). The molecule has 0 radical (unpaired) electrons. The fourth-order valence-corrected chi connectivity index (χ4v) is 2.61. The molecule has 0 N–H and O–H groups in total. The van der Waals surface area contributed by atoms with Crippen LogP contribution in [0.15, 0.2) is 24.4 Å². The zero-order valence-electron chi connectivity index (χ0n) is 13.8. The van der Waals surface area contributed by atoms with E-state index in [0.717, 1.165) is 10.6 Å². The molecule has 128 valence electrons. The molecule has 2 aromatic rings. The second-order valence-electron chi connectivity index (χ2n) is 4.64. The van der Waals surface area contributed by atoms with Crippen molar-refractivity contribution in [3.63, 3.8) is 0 Å². The Bertz CT molecular complexity index is 711. The summed E-state index contributed by atoms with van der Waals surface area (Å²) in [6, 6.07) is 5.62. The lowest BCUT2D eigenvalue weighted by atomic mass is 10.2. The van der Waals surface area contributed by atoms with Crippen LogP contribution in [-0.4, -0.2) is 45.5 Å². The number of carbonyl (C=O) groups excluding carboxylic acids is 1. The summed E-state index contributed by atoms with van der Waals surface area (Å²) in [5.41, 5.74) is 0.931. The summed E-state index contributed by atoms with van der Waals surface area (Å²) in [7, 11) is 4.56. The van der Waals surface area contributed by atoms with Gasteiger partial charge in [0.05, 0.1) is 27.0 Å². The molecule has 0 unspecified atom stereocenters. The summed E-state index contributed by atoms with van der Waals surface area (Å²) in [6.07, 6.45) is 5.22. The average molecular weight is 349 g/mol. The van der Waals surface area contributed by atoms with Gasteiger partial charge in [-0.15, -0.1) is 11.3 Å². The fraction of sp³-hybridized carbons (Fsp3) is 0.294. The summed E-state index contributed by atoms with van der Waals surface area (Å²) in [5, 5.41) is 0.717. The molecule has 7 heteroatoms. The molecule has 0 amide bonds. The van der Waals surface area contributed by atoms with Crippen molar-refractivity contribution < 1.29 is 23.7 Å². The number of carbonyl (C=O) groups is 1. The van der Waals surface area contributed by atoms with E-state index in [9.17, 15) is 4.79 Å². The number of aromatic nitrogens is 1. The monoisotopic (exact) mass is 349 g/mol. The second-order valence-corrected chi connectivity index (χ2v) is 5.70. The van der Waals surface area contributed by atoms with Gasteiger partial charge in [0.15, 0.2) is 11.5 Å². The lowest BCUT2D eigenvalue weighted by Gasteiger charge is -2.10. The normalized spacial score (nSPS) is 10.8. The van der Waals surface area contributed by atoms with E-state index in [0.29, 0.717) is 29.6 Å². The van der Waals surface area contributed by atoms with Crippen LogP contribution in [0.1, 0.15) is 20.2 Å². The Morgan fingerprint density at radius 2 is 2.00 bits per heavy atom. The van der Waals surface area contributed by atoms with E-state index < -0.39 is 0 Å². The van der Waals surface area contributed by atoms with Gasteiger partial charge in [-0.05, 0) is 23.8 Å². The molecule has 0 saturated heterocycles. The van der Waals surface area contributed by atoms with Gasteiger partial charge in [0, 0.05) is 7.11 Å². The maximum absolute atomic E-state index is 11.4. The zero-order chi connectivity index (χ0) is 17.4. The van der Waals surface area contributed by atoms with Crippen molar-refractivity contribution in [1.29, 1.82) is 0 Å². The SMILES string of the molecule is COCCOc1ccc(/C=C/c2ncc(C(=O)OC)s2)cc1OC. The third kappa shape index (κ3) is 4.81. The molecule has 0 spiro atoms. The Kier molecular flexibility index (Phi) is 6.77. The Balaban J connectivity index is 2.09. The van der Waals surface area contributed by atoms with Gasteiger partial charge in [0.1, 0.15) is 16.5 Å². The summed E-state index contributed by atoms with van der Waals surface area (Å²) in [6.45, 7) is 0.967. The Hall–Kier alpha value is -2.38. The van der Waals surface area contributed by atoms with E-state index in [-0.39, 0.29) is 5.97 Å². The quantitative estimate of drug-likeness (QED) is 0.539. The first-order chi connectivity index (χ1) is 11.7. The van der Waals surface area contributed by atoms with Gasteiger partial charge in [-0.1, -0.05) is 12.1 Å². The second kappa shape index (κ2) is 9.05. The minimum Gasteiger partial charge on any atom is -0.493 e. The number of hydrogen-bond donors (Lipinski definition) is 0. The van der Waals surface area contributed by atoms with Crippen molar-refractivity contribution in [2.45, 2.75) is 0 Å². The molecule has 0 aliphatic carbocycles. The highest BCUT2D eigenvalue weighted by Crippen LogP contribution is 2.29. The van der Waals surface area contributed by atoms with E-state index in [4.69, 9.17) is 14.2 Å². The van der Waals surface area contributed by atoms with Crippen LogP contribution in [0.5, 0.6) is 11.5 Å². The highest BCUT2D eigenvalue weighted by Gasteiger charge is 2.09. The lowest BCUT2D eigenvalue weighted by Crippen LogP contribution is -2.05. The van der Waals surface area contributed by atoms with E-state index in [2.05, 4.69) is 9.72 Å². The Morgan fingerprint density at radius 3 is 2.71 bits per heavy atom. The number of nitrogens with zero attached hydrogens (tertiary/aromatic N) is 1. The summed E-state index contributed by atoms with van der Waals surface area (Å²) in [5.74, 6) is 0.919. The molecule has 0 aliphatic heterocycles. The Labute approximate surface area is 144 Å². The largest absolute Gasteiger partial charge is 0.493 e. The summed E-state index contributed by atoms with van der Waals surface area (Å²) < 4.78 is 20.6. The molecular weight excluding hydrogens is 330 g/mol. The maximum atomic E-state index is 11.4. The first kappa shape index (κ1) is 18.0. The van der Waals surface area contributed by atoms with E-state index in [1.54, 1.807) is 14.2 Å². The molecule has 1 heterocycles. The van der Waals surface area contributed by atoms with Crippen molar-refractivity contribution in [3.05, 3.63) is 39.8 Å². The van der Waals surface area contributed by atoms with Crippen LogP contribution in [0.3, 0.4) is 0 Å². The van der Waals surface area contributed by atoms with Crippen molar-refractivity contribution in [2.24, 2.45) is 0 Å². The molecule has 24 heavy (non-hydrogen) atoms. The zero-order valence-corrected chi connectivity index (χ0v) is 14.6. The van der Waals surface area contributed by atoms with Gasteiger partial charge >= 0.3 is 5.97 Å². The number of esters is 1. The van der Waals surface area contributed by atoms with Crippen molar-refractivity contribution in [3.8, 4) is 11.5 Å². The number of hydrogen-bond acceptors (Lipinski definition) is 7. The maximum Gasteiger partial charge on any atom is 0.349 e. The predicted octanol–water partition coefficient (Wildman–Crippen LogP) is 3.13. The molecule has 0 saturated carbocycles. The minimum atomic E-state index is -0.383. The number of methoxy groups -OCH3 is 3. The smallest absolute Gasteiger partial charge is 0.349 e. The van der Waals surface area contributed by atoms with Gasteiger partial charge in [-0.3, -0.25) is 0 Å².